The molecule has 0 radical (unpaired) electrons. The molecule has 1 heterocycles. The van der Waals surface area contributed by atoms with Gasteiger partial charge in [-0.1, -0.05) is 26.0 Å². The first kappa shape index (κ1) is 9.38. The number of benzene rings is 1. The second-order valence-electron chi connectivity index (χ2n) is 4.15. The third kappa shape index (κ3) is 1.45. The Morgan fingerprint density at radius 1 is 1.50 bits per heavy atom. The minimum Gasteiger partial charge on any atom is -0.506 e. The first-order chi connectivity index (χ1) is 6.72. The van der Waals surface area contributed by atoms with E-state index in [0.29, 0.717) is 17.7 Å². The Labute approximate surface area is 85.0 Å². The quantitative estimate of drug-likeness (QED) is 0.669. The Balaban J connectivity index is 2.36. The predicted molar refractivity (Wildman–Crippen MR) is 58.7 cm³/mol. The van der Waals surface area contributed by atoms with Crippen molar-refractivity contribution in [1.82, 2.24) is 0 Å². The predicted octanol–water partition coefficient (Wildman–Crippen LogP) is 2.77. The zero-order valence-electron chi connectivity index (χ0n) is 8.75. The van der Waals surface area contributed by atoms with Crippen LogP contribution in [-0.2, 0) is 6.42 Å². The van der Waals surface area contributed by atoms with E-state index in [1.165, 1.54) is 5.56 Å². The standard InChI is InChI=1S/C12H17NO/c1-3-10-8(2)7-9-5-4-6-11(14)12(9)13-10/h4-6,8,10,13-14H,3,7H2,1-2H3. The van der Waals surface area contributed by atoms with Gasteiger partial charge in [0, 0.05) is 6.04 Å². The molecule has 2 unspecified atom stereocenters. The molecule has 0 aromatic heterocycles. The van der Waals surface area contributed by atoms with Gasteiger partial charge < -0.3 is 10.4 Å². The summed E-state index contributed by atoms with van der Waals surface area (Å²) in [4.78, 5) is 0. The number of phenols is 1. The van der Waals surface area contributed by atoms with Crippen LogP contribution >= 0.6 is 0 Å². The molecule has 0 saturated carbocycles. The maximum absolute atomic E-state index is 9.69. The molecule has 2 atom stereocenters. The zero-order chi connectivity index (χ0) is 10.1. The van der Waals surface area contributed by atoms with Crippen LogP contribution in [0.3, 0.4) is 0 Å². The number of rotatable bonds is 1. The molecule has 2 N–H and O–H groups in total. The van der Waals surface area contributed by atoms with Gasteiger partial charge in [-0.05, 0) is 30.4 Å². The molecular formula is C12H17NO. The Bertz CT molecular complexity index is 335. The third-order valence-corrected chi connectivity index (χ3v) is 3.13. The molecule has 76 valence electrons. The van der Waals surface area contributed by atoms with E-state index in [2.05, 4.69) is 25.2 Å². The molecule has 2 nitrogen and oxygen atoms in total. The lowest BCUT2D eigenvalue weighted by Crippen LogP contribution is -2.32. The normalized spacial score (nSPS) is 25.3. The van der Waals surface area contributed by atoms with Crippen molar-refractivity contribution in [2.75, 3.05) is 5.32 Å². The molecular weight excluding hydrogens is 174 g/mol. The van der Waals surface area contributed by atoms with Crippen molar-refractivity contribution in [1.29, 1.82) is 0 Å². The van der Waals surface area contributed by atoms with Crippen LogP contribution < -0.4 is 5.32 Å². The summed E-state index contributed by atoms with van der Waals surface area (Å²) >= 11 is 0. The van der Waals surface area contributed by atoms with Crippen molar-refractivity contribution in [3.8, 4) is 5.75 Å². The van der Waals surface area contributed by atoms with E-state index >= 15 is 0 Å². The maximum atomic E-state index is 9.69. The van der Waals surface area contributed by atoms with Crippen LogP contribution in [0.15, 0.2) is 18.2 Å². The highest BCUT2D eigenvalue weighted by Gasteiger charge is 2.24. The van der Waals surface area contributed by atoms with Crippen molar-refractivity contribution in [3.63, 3.8) is 0 Å². The van der Waals surface area contributed by atoms with Gasteiger partial charge in [-0.2, -0.15) is 0 Å². The highest BCUT2D eigenvalue weighted by atomic mass is 16.3. The number of hydrogen-bond acceptors (Lipinski definition) is 2. The Morgan fingerprint density at radius 3 is 3.00 bits per heavy atom. The van der Waals surface area contributed by atoms with Gasteiger partial charge >= 0.3 is 0 Å². The minimum absolute atomic E-state index is 0.382. The monoisotopic (exact) mass is 191 g/mol. The topological polar surface area (TPSA) is 32.3 Å². The van der Waals surface area contributed by atoms with E-state index in [9.17, 15) is 5.11 Å². The average Bonchev–Trinajstić information content (AvgIpc) is 2.17. The van der Waals surface area contributed by atoms with Crippen molar-refractivity contribution >= 4 is 5.69 Å². The summed E-state index contributed by atoms with van der Waals surface area (Å²) in [7, 11) is 0. The van der Waals surface area contributed by atoms with Crippen LogP contribution in [0.4, 0.5) is 5.69 Å². The summed E-state index contributed by atoms with van der Waals surface area (Å²) in [5.74, 6) is 1.03. The van der Waals surface area contributed by atoms with Crippen molar-refractivity contribution in [3.05, 3.63) is 23.8 Å². The molecule has 0 saturated heterocycles. The van der Waals surface area contributed by atoms with Crippen molar-refractivity contribution < 1.29 is 5.11 Å². The first-order valence-electron chi connectivity index (χ1n) is 5.29. The van der Waals surface area contributed by atoms with E-state index in [1.54, 1.807) is 6.07 Å². The van der Waals surface area contributed by atoms with Gasteiger partial charge in [0.05, 0.1) is 5.69 Å². The number of aromatic hydroxyl groups is 1. The zero-order valence-corrected chi connectivity index (χ0v) is 8.75. The van der Waals surface area contributed by atoms with Crippen LogP contribution in [0.2, 0.25) is 0 Å². The number of anilines is 1. The lowest BCUT2D eigenvalue weighted by Gasteiger charge is -2.32. The SMILES string of the molecule is CCC1Nc2c(O)cccc2CC1C. The molecule has 1 aliphatic heterocycles. The number of phenolic OH excluding ortho intramolecular Hbond substituents is 1. The second kappa shape index (κ2) is 3.52. The molecule has 1 aromatic rings. The fourth-order valence-electron chi connectivity index (χ4n) is 2.24. The van der Waals surface area contributed by atoms with Gasteiger partial charge in [0.15, 0.2) is 0 Å². The van der Waals surface area contributed by atoms with E-state index < -0.39 is 0 Å². The van der Waals surface area contributed by atoms with Gasteiger partial charge in [0.25, 0.3) is 0 Å². The molecule has 2 heteroatoms. The van der Waals surface area contributed by atoms with Gasteiger partial charge in [-0.3, -0.25) is 0 Å². The fraction of sp³-hybridized carbons (Fsp3) is 0.500. The van der Waals surface area contributed by atoms with Gasteiger partial charge in [0.2, 0.25) is 0 Å². The van der Waals surface area contributed by atoms with E-state index in [0.717, 1.165) is 18.5 Å². The van der Waals surface area contributed by atoms with Crippen molar-refractivity contribution in [2.45, 2.75) is 32.7 Å². The van der Waals surface area contributed by atoms with E-state index in [-0.39, 0.29) is 0 Å². The van der Waals surface area contributed by atoms with Crippen molar-refractivity contribution in [2.24, 2.45) is 5.92 Å². The number of fused-ring (bicyclic) bond motifs is 1. The van der Waals surface area contributed by atoms with Crippen LogP contribution in [0.5, 0.6) is 5.75 Å². The second-order valence-corrected chi connectivity index (χ2v) is 4.15. The molecule has 0 aliphatic carbocycles. The molecule has 0 amide bonds. The molecule has 0 fully saturated rings. The highest BCUT2D eigenvalue weighted by Crippen LogP contribution is 2.35. The Hall–Kier alpha value is -1.18. The highest BCUT2D eigenvalue weighted by molar-refractivity contribution is 5.63. The van der Waals surface area contributed by atoms with Crippen LogP contribution in [0, 0.1) is 5.92 Å². The first-order valence-corrected chi connectivity index (χ1v) is 5.29. The van der Waals surface area contributed by atoms with Gasteiger partial charge in [-0.25, -0.2) is 0 Å². The average molecular weight is 191 g/mol. The van der Waals surface area contributed by atoms with Crippen LogP contribution in [0.1, 0.15) is 25.8 Å². The van der Waals surface area contributed by atoms with Crippen LogP contribution in [0.25, 0.3) is 0 Å². The summed E-state index contributed by atoms with van der Waals surface area (Å²) in [6, 6.07) is 6.24. The lowest BCUT2D eigenvalue weighted by molar-refractivity contribution is 0.437. The molecule has 14 heavy (non-hydrogen) atoms. The maximum Gasteiger partial charge on any atom is 0.138 e. The number of nitrogens with one attached hydrogen (secondary N) is 1. The summed E-state index contributed by atoms with van der Waals surface area (Å²) < 4.78 is 0. The third-order valence-electron chi connectivity index (χ3n) is 3.13. The van der Waals surface area contributed by atoms with Gasteiger partial charge in [0.1, 0.15) is 5.75 Å². The van der Waals surface area contributed by atoms with Crippen LogP contribution in [-0.4, -0.2) is 11.1 Å². The van der Waals surface area contributed by atoms with E-state index in [1.807, 2.05) is 6.07 Å². The number of hydrogen-bond donors (Lipinski definition) is 2. The van der Waals surface area contributed by atoms with E-state index in [4.69, 9.17) is 0 Å². The van der Waals surface area contributed by atoms with Gasteiger partial charge in [-0.15, -0.1) is 0 Å². The molecule has 0 bridgehead atoms. The lowest BCUT2D eigenvalue weighted by atomic mass is 9.87. The summed E-state index contributed by atoms with van der Waals surface area (Å²) in [5, 5.41) is 13.1. The molecule has 2 rings (SSSR count). The molecule has 0 spiro atoms. The largest absolute Gasteiger partial charge is 0.506 e. The molecule has 1 aliphatic rings. The molecule has 1 aromatic carbocycles. The fourth-order valence-corrected chi connectivity index (χ4v) is 2.24. The Morgan fingerprint density at radius 2 is 2.29 bits per heavy atom. The minimum atomic E-state index is 0.382. The number of para-hydroxylation sites is 1. The summed E-state index contributed by atoms with van der Waals surface area (Å²) in [6.45, 7) is 4.44. The summed E-state index contributed by atoms with van der Waals surface area (Å²) in [6.07, 6.45) is 2.17. The smallest absolute Gasteiger partial charge is 0.138 e. The summed E-state index contributed by atoms with van der Waals surface area (Å²) in [5.41, 5.74) is 2.18. The Kier molecular flexibility index (Phi) is 2.36.